The molecule has 1 aliphatic rings. The van der Waals surface area contributed by atoms with Crippen LogP contribution >= 0.6 is 0 Å². The Morgan fingerprint density at radius 1 is 1.21 bits per heavy atom. The third-order valence-electron chi connectivity index (χ3n) is 5.18. The molecule has 7 heteroatoms. The molecule has 7 nitrogen and oxygen atoms in total. The predicted octanol–water partition coefficient (Wildman–Crippen LogP) is 2.88. The van der Waals surface area contributed by atoms with Gasteiger partial charge in [-0.25, -0.2) is 9.97 Å². The standard InChI is InChI=1S/C21H22N4O3/c1-13-18(25-17-9-5-4-8-16(17)19(13)26)12-28-21-22-10-14(11-23-21)20(27)24-15-6-2-3-7-15/h4-5,8-11,15H,2-3,6-7,12H2,1H3,(H,24,27)(H,25,26). The van der Waals surface area contributed by atoms with E-state index < -0.39 is 0 Å². The molecule has 0 atom stereocenters. The molecule has 0 aliphatic heterocycles. The van der Waals surface area contributed by atoms with Gasteiger partial charge in [0.25, 0.3) is 5.91 Å². The zero-order valence-electron chi connectivity index (χ0n) is 15.7. The third-order valence-corrected chi connectivity index (χ3v) is 5.18. The van der Waals surface area contributed by atoms with Crippen LogP contribution in [0.4, 0.5) is 0 Å². The van der Waals surface area contributed by atoms with Gasteiger partial charge in [0.2, 0.25) is 0 Å². The van der Waals surface area contributed by atoms with Crippen LogP contribution in [-0.4, -0.2) is 26.9 Å². The van der Waals surface area contributed by atoms with Crippen molar-refractivity contribution in [1.29, 1.82) is 0 Å². The molecule has 1 amide bonds. The highest BCUT2D eigenvalue weighted by atomic mass is 16.5. The minimum absolute atomic E-state index is 0.0206. The Morgan fingerprint density at radius 2 is 1.93 bits per heavy atom. The molecule has 144 valence electrons. The van der Waals surface area contributed by atoms with Crippen molar-refractivity contribution < 1.29 is 9.53 Å². The molecule has 2 N–H and O–H groups in total. The summed E-state index contributed by atoms with van der Waals surface area (Å²) in [4.78, 5) is 36.2. The van der Waals surface area contributed by atoms with E-state index in [-0.39, 0.29) is 30.0 Å². The summed E-state index contributed by atoms with van der Waals surface area (Å²) >= 11 is 0. The Balaban J connectivity index is 1.44. The van der Waals surface area contributed by atoms with E-state index in [1.165, 1.54) is 12.4 Å². The lowest BCUT2D eigenvalue weighted by Crippen LogP contribution is -2.32. The summed E-state index contributed by atoms with van der Waals surface area (Å²) in [5.74, 6) is -0.159. The molecule has 0 radical (unpaired) electrons. The van der Waals surface area contributed by atoms with Crippen LogP contribution in [0.5, 0.6) is 6.01 Å². The summed E-state index contributed by atoms with van der Waals surface area (Å²) in [5.41, 5.74) is 2.43. The Labute approximate surface area is 162 Å². The number of nitrogens with zero attached hydrogens (tertiary/aromatic N) is 2. The van der Waals surface area contributed by atoms with E-state index >= 15 is 0 Å². The van der Waals surface area contributed by atoms with Crippen LogP contribution in [0.1, 0.15) is 47.3 Å². The van der Waals surface area contributed by atoms with E-state index in [2.05, 4.69) is 20.3 Å². The maximum Gasteiger partial charge on any atom is 0.316 e. The zero-order valence-corrected chi connectivity index (χ0v) is 15.7. The minimum Gasteiger partial charge on any atom is -0.457 e. The minimum atomic E-state index is -0.159. The average molecular weight is 378 g/mol. The number of carbonyl (C=O) groups excluding carboxylic acids is 1. The van der Waals surface area contributed by atoms with Crippen molar-refractivity contribution in [3.8, 4) is 6.01 Å². The maximum atomic E-state index is 12.5. The Hall–Kier alpha value is -3.22. The van der Waals surface area contributed by atoms with Crippen molar-refractivity contribution in [3.63, 3.8) is 0 Å². The van der Waals surface area contributed by atoms with Gasteiger partial charge in [0, 0.05) is 34.9 Å². The third kappa shape index (κ3) is 3.74. The number of benzene rings is 1. The normalized spacial score (nSPS) is 14.3. The number of carbonyl (C=O) groups is 1. The van der Waals surface area contributed by atoms with E-state index in [9.17, 15) is 9.59 Å². The van der Waals surface area contributed by atoms with Crippen LogP contribution < -0.4 is 15.5 Å². The van der Waals surface area contributed by atoms with Gasteiger partial charge in [-0.05, 0) is 31.9 Å². The van der Waals surface area contributed by atoms with E-state index in [1.54, 1.807) is 13.0 Å². The smallest absolute Gasteiger partial charge is 0.316 e. The molecule has 1 aliphatic carbocycles. The summed E-state index contributed by atoms with van der Waals surface area (Å²) in [7, 11) is 0. The van der Waals surface area contributed by atoms with Crippen molar-refractivity contribution in [2.75, 3.05) is 0 Å². The molecular weight excluding hydrogens is 356 g/mol. The van der Waals surface area contributed by atoms with Crippen LogP contribution in [0.15, 0.2) is 41.5 Å². The molecular formula is C21H22N4O3. The maximum absolute atomic E-state index is 12.5. The first-order valence-corrected chi connectivity index (χ1v) is 9.48. The number of fused-ring (bicyclic) bond motifs is 1. The number of aromatic nitrogens is 3. The quantitative estimate of drug-likeness (QED) is 0.712. The fraction of sp³-hybridized carbons (Fsp3) is 0.333. The van der Waals surface area contributed by atoms with Crippen LogP contribution in [0.25, 0.3) is 10.9 Å². The summed E-state index contributed by atoms with van der Waals surface area (Å²) in [5, 5.41) is 3.65. The van der Waals surface area contributed by atoms with E-state index in [0.29, 0.717) is 22.2 Å². The Bertz CT molecular complexity index is 1050. The average Bonchev–Trinajstić information content (AvgIpc) is 3.23. The second-order valence-electron chi connectivity index (χ2n) is 7.10. The lowest BCUT2D eigenvalue weighted by atomic mass is 10.1. The highest BCUT2D eigenvalue weighted by molar-refractivity contribution is 5.93. The molecule has 1 saturated carbocycles. The summed E-state index contributed by atoms with van der Waals surface area (Å²) in [6.07, 6.45) is 7.29. The molecule has 0 saturated heterocycles. The number of ether oxygens (including phenoxy) is 1. The Kier molecular flexibility index (Phi) is 5.06. The molecule has 1 fully saturated rings. The second-order valence-corrected chi connectivity index (χ2v) is 7.10. The first-order valence-electron chi connectivity index (χ1n) is 9.48. The number of rotatable bonds is 5. The molecule has 4 rings (SSSR count). The van der Waals surface area contributed by atoms with Crippen molar-refractivity contribution in [3.05, 3.63) is 63.7 Å². The number of amides is 1. The van der Waals surface area contributed by atoms with Crippen molar-refractivity contribution >= 4 is 16.8 Å². The van der Waals surface area contributed by atoms with Crippen LogP contribution in [0.2, 0.25) is 0 Å². The number of hydrogen-bond acceptors (Lipinski definition) is 5. The van der Waals surface area contributed by atoms with Gasteiger partial charge in [-0.2, -0.15) is 0 Å². The lowest BCUT2D eigenvalue weighted by Gasteiger charge is -2.12. The summed E-state index contributed by atoms with van der Waals surface area (Å²) in [6.45, 7) is 1.90. The first kappa shape index (κ1) is 18.2. The number of aromatic amines is 1. The van der Waals surface area contributed by atoms with Crippen molar-refractivity contribution in [2.24, 2.45) is 0 Å². The van der Waals surface area contributed by atoms with Gasteiger partial charge in [0.05, 0.1) is 11.3 Å². The van der Waals surface area contributed by atoms with E-state index in [1.807, 2.05) is 18.2 Å². The van der Waals surface area contributed by atoms with Gasteiger partial charge >= 0.3 is 6.01 Å². The number of nitrogens with one attached hydrogen (secondary N) is 2. The summed E-state index contributed by atoms with van der Waals surface area (Å²) in [6, 6.07) is 7.77. The van der Waals surface area contributed by atoms with Crippen molar-refractivity contribution in [2.45, 2.75) is 45.3 Å². The monoisotopic (exact) mass is 378 g/mol. The molecule has 1 aromatic carbocycles. The van der Waals surface area contributed by atoms with Gasteiger partial charge in [-0.3, -0.25) is 9.59 Å². The number of pyridine rings is 1. The van der Waals surface area contributed by atoms with E-state index in [0.717, 1.165) is 31.2 Å². The fourth-order valence-electron chi connectivity index (χ4n) is 3.51. The molecule has 2 heterocycles. The molecule has 0 unspecified atom stereocenters. The van der Waals surface area contributed by atoms with Crippen LogP contribution in [-0.2, 0) is 6.61 Å². The number of para-hydroxylation sites is 1. The SMILES string of the molecule is Cc1c(COc2ncc(C(=O)NC3CCCC3)cn2)[nH]c2ccccc2c1=O. The van der Waals surface area contributed by atoms with Crippen LogP contribution in [0.3, 0.4) is 0 Å². The molecule has 2 aromatic heterocycles. The van der Waals surface area contributed by atoms with Gasteiger partial charge in [0.15, 0.2) is 5.43 Å². The topological polar surface area (TPSA) is 97.0 Å². The lowest BCUT2D eigenvalue weighted by molar-refractivity contribution is 0.0937. The van der Waals surface area contributed by atoms with E-state index in [4.69, 9.17) is 4.74 Å². The Morgan fingerprint density at radius 3 is 2.68 bits per heavy atom. The zero-order chi connectivity index (χ0) is 19.5. The highest BCUT2D eigenvalue weighted by Gasteiger charge is 2.18. The first-order chi connectivity index (χ1) is 13.6. The molecule has 3 aromatic rings. The highest BCUT2D eigenvalue weighted by Crippen LogP contribution is 2.18. The summed E-state index contributed by atoms with van der Waals surface area (Å²) < 4.78 is 5.62. The van der Waals surface area contributed by atoms with Gasteiger partial charge in [0.1, 0.15) is 6.61 Å². The number of hydrogen-bond donors (Lipinski definition) is 2. The fourth-order valence-corrected chi connectivity index (χ4v) is 3.51. The van der Waals surface area contributed by atoms with Crippen LogP contribution in [0, 0.1) is 6.92 Å². The second kappa shape index (κ2) is 7.80. The molecule has 0 spiro atoms. The largest absolute Gasteiger partial charge is 0.457 e. The van der Waals surface area contributed by atoms with Gasteiger partial charge in [-0.1, -0.05) is 25.0 Å². The van der Waals surface area contributed by atoms with Gasteiger partial charge in [-0.15, -0.1) is 0 Å². The van der Waals surface area contributed by atoms with Gasteiger partial charge < -0.3 is 15.0 Å². The molecule has 0 bridgehead atoms. The molecule has 28 heavy (non-hydrogen) atoms. The predicted molar refractivity (Wildman–Crippen MR) is 105 cm³/mol. The van der Waals surface area contributed by atoms with Crippen molar-refractivity contribution in [1.82, 2.24) is 20.3 Å². The number of H-pyrrole nitrogens is 1.